The van der Waals surface area contributed by atoms with Crippen LogP contribution in [0.15, 0.2) is 0 Å². The highest BCUT2D eigenvalue weighted by atomic mass is 31.2. The molecule has 1 aliphatic heterocycles. The SMILES string of the molecule is [B]C1CN(P(=O)(N(C)C)C(C)(C)C(C)(C)C)C[C@@H](CO)O1. The summed E-state index contributed by atoms with van der Waals surface area (Å²) >= 11 is 0. The average molecular weight is 316 g/mol. The summed E-state index contributed by atoms with van der Waals surface area (Å²) in [5.74, 6) is 0. The number of ether oxygens (including phenoxy) is 1. The van der Waals surface area contributed by atoms with Crippen LogP contribution in [0.3, 0.4) is 0 Å². The Morgan fingerprint density at radius 2 is 1.81 bits per heavy atom. The van der Waals surface area contributed by atoms with Crippen molar-refractivity contribution in [2.45, 2.75) is 51.9 Å². The summed E-state index contributed by atoms with van der Waals surface area (Å²) in [5.41, 5.74) is -0.149. The quantitative estimate of drug-likeness (QED) is 0.633. The van der Waals surface area contributed by atoms with Crippen molar-refractivity contribution in [2.24, 2.45) is 5.41 Å². The molecule has 1 heterocycles. The molecule has 0 aromatic rings. The Bertz CT molecular complexity index is 410. The van der Waals surface area contributed by atoms with Crippen LogP contribution >= 0.6 is 7.44 Å². The molecule has 0 aromatic carbocycles. The lowest BCUT2D eigenvalue weighted by Gasteiger charge is -2.53. The molecule has 0 amide bonds. The van der Waals surface area contributed by atoms with Crippen LogP contribution in [0.25, 0.3) is 0 Å². The van der Waals surface area contributed by atoms with E-state index in [1.807, 2.05) is 37.3 Å². The van der Waals surface area contributed by atoms with E-state index in [0.29, 0.717) is 13.1 Å². The summed E-state index contributed by atoms with van der Waals surface area (Å²) in [6.45, 7) is 11.1. The molecule has 1 fully saturated rings. The Labute approximate surface area is 130 Å². The third-order valence-electron chi connectivity index (χ3n) is 4.87. The molecule has 0 bridgehead atoms. The number of hydrogen-bond acceptors (Lipinski definition) is 3. The van der Waals surface area contributed by atoms with E-state index in [2.05, 4.69) is 20.8 Å². The van der Waals surface area contributed by atoms with Gasteiger partial charge in [0.05, 0.1) is 12.7 Å². The zero-order valence-corrected chi connectivity index (χ0v) is 15.4. The Morgan fingerprint density at radius 1 is 1.29 bits per heavy atom. The molecule has 122 valence electrons. The lowest BCUT2D eigenvalue weighted by molar-refractivity contribution is -0.0526. The van der Waals surface area contributed by atoms with Gasteiger partial charge < -0.3 is 9.84 Å². The van der Waals surface area contributed by atoms with Crippen LogP contribution in [-0.2, 0) is 9.30 Å². The van der Waals surface area contributed by atoms with Crippen molar-refractivity contribution in [3.05, 3.63) is 0 Å². The van der Waals surface area contributed by atoms with Crippen LogP contribution in [0.5, 0.6) is 0 Å². The van der Waals surface area contributed by atoms with Gasteiger partial charge in [0.2, 0.25) is 7.44 Å². The Kier molecular flexibility index (Phi) is 5.78. The summed E-state index contributed by atoms with van der Waals surface area (Å²) < 4.78 is 23.2. The molecule has 5 nitrogen and oxygen atoms in total. The van der Waals surface area contributed by atoms with Gasteiger partial charge in [-0.25, -0.2) is 9.34 Å². The number of nitrogens with zero attached hydrogens (tertiary/aromatic N) is 2. The predicted molar refractivity (Wildman–Crippen MR) is 87.9 cm³/mol. The highest BCUT2D eigenvalue weighted by Crippen LogP contribution is 2.67. The molecule has 21 heavy (non-hydrogen) atoms. The second-order valence-electron chi connectivity index (χ2n) is 7.55. The first-order chi connectivity index (χ1) is 9.37. The van der Waals surface area contributed by atoms with Gasteiger partial charge >= 0.3 is 0 Å². The standard InChI is InChI=1S/C14H30BN2O3P/c1-13(2,3)14(4,5)21(19,16(6)7)17-8-11(10-18)20-12(15)9-17/h11-12,18H,8-10H2,1-7H3/t11-,12?,21?/m0/s1. The molecule has 2 unspecified atom stereocenters. The maximum Gasteiger partial charge on any atom is 0.222 e. The molecule has 3 atom stereocenters. The largest absolute Gasteiger partial charge is 0.394 e. The first kappa shape index (κ1) is 19.2. The normalized spacial score (nSPS) is 28.6. The van der Waals surface area contributed by atoms with E-state index in [4.69, 9.17) is 12.6 Å². The van der Waals surface area contributed by atoms with Gasteiger partial charge in [0.1, 0.15) is 7.85 Å². The first-order valence-electron chi connectivity index (χ1n) is 7.43. The summed E-state index contributed by atoms with van der Waals surface area (Å²) in [6, 6.07) is -0.528. The number of aliphatic hydroxyl groups excluding tert-OH is 1. The Hall–Kier alpha value is 0.135. The first-order valence-corrected chi connectivity index (χ1v) is 9.04. The molecule has 1 saturated heterocycles. The van der Waals surface area contributed by atoms with Crippen LogP contribution in [0.2, 0.25) is 0 Å². The minimum Gasteiger partial charge on any atom is -0.394 e. The molecule has 1 rings (SSSR count). The summed E-state index contributed by atoms with van der Waals surface area (Å²) in [7, 11) is 6.74. The van der Waals surface area contributed by atoms with E-state index in [9.17, 15) is 9.67 Å². The Morgan fingerprint density at radius 3 is 2.19 bits per heavy atom. The zero-order chi connectivity index (χ0) is 16.6. The van der Waals surface area contributed by atoms with Crippen molar-refractivity contribution in [3.63, 3.8) is 0 Å². The van der Waals surface area contributed by atoms with E-state index in [1.54, 1.807) is 0 Å². The van der Waals surface area contributed by atoms with Gasteiger partial charge in [-0.15, -0.1) is 0 Å². The van der Waals surface area contributed by atoms with Crippen molar-refractivity contribution < 1.29 is 14.4 Å². The lowest BCUT2D eigenvalue weighted by atomic mass is 9.82. The van der Waals surface area contributed by atoms with E-state index in [1.165, 1.54) is 0 Å². The minimum absolute atomic E-state index is 0.117. The fourth-order valence-electron chi connectivity index (χ4n) is 2.72. The third kappa shape index (κ3) is 3.40. The highest BCUT2D eigenvalue weighted by molar-refractivity contribution is 7.60. The summed E-state index contributed by atoms with van der Waals surface area (Å²) in [6.07, 6.45) is -0.391. The second-order valence-corrected chi connectivity index (χ2v) is 11.1. The van der Waals surface area contributed by atoms with E-state index < -0.39 is 24.7 Å². The van der Waals surface area contributed by atoms with Gasteiger partial charge in [-0.05, 0) is 33.4 Å². The van der Waals surface area contributed by atoms with Gasteiger partial charge in [0, 0.05) is 24.2 Å². The van der Waals surface area contributed by atoms with Gasteiger partial charge in [0.25, 0.3) is 0 Å². The molecular weight excluding hydrogens is 286 g/mol. The zero-order valence-electron chi connectivity index (χ0n) is 14.5. The van der Waals surface area contributed by atoms with Crippen LogP contribution < -0.4 is 0 Å². The van der Waals surface area contributed by atoms with Crippen molar-refractivity contribution in [1.29, 1.82) is 0 Å². The van der Waals surface area contributed by atoms with Gasteiger partial charge in [-0.3, -0.25) is 4.57 Å². The maximum absolute atomic E-state index is 14.0. The van der Waals surface area contributed by atoms with Crippen molar-refractivity contribution >= 4 is 15.3 Å². The van der Waals surface area contributed by atoms with Gasteiger partial charge in [0.15, 0.2) is 0 Å². The number of hydrogen-bond donors (Lipinski definition) is 1. The Balaban J connectivity index is 3.26. The van der Waals surface area contributed by atoms with Crippen molar-refractivity contribution in [2.75, 3.05) is 33.8 Å². The van der Waals surface area contributed by atoms with Crippen molar-refractivity contribution in [1.82, 2.24) is 9.34 Å². The number of morpholine rings is 1. The summed E-state index contributed by atoms with van der Waals surface area (Å²) in [5, 5.41) is 8.94. The molecule has 0 spiro atoms. The number of aliphatic hydroxyl groups is 1. The minimum atomic E-state index is -2.88. The van der Waals surface area contributed by atoms with E-state index >= 15 is 0 Å². The molecule has 7 heteroatoms. The molecule has 1 N–H and O–H groups in total. The molecule has 2 radical (unpaired) electrons. The second kappa shape index (κ2) is 6.33. The highest BCUT2D eigenvalue weighted by Gasteiger charge is 2.54. The molecule has 0 aromatic heterocycles. The average Bonchev–Trinajstić information content (AvgIpc) is 2.34. The fraction of sp³-hybridized carbons (Fsp3) is 1.00. The monoisotopic (exact) mass is 316 g/mol. The smallest absolute Gasteiger partial charge is 0.222 e. The molecule has 1 aliphatic rings. The third-order valence-corrected chi connectivity index (χ3v) is 9.17. The van der Waals surface area contributed by atoms with Crippen molar-refractivity contribution in [3.8, 4) is 0 Å². The summed E-state index contributed by atoms with van der Waals surface area (Å²) in [4.78, 5) is 0. The molecule has 0 aliphatic carbocycles. The topological polar surface area (TPSA) is 53.0 Å². The fourth-order valence-corrected chi connectivity index (χ4v) is 6.59. The van der Waals surface area contributed by atoms with Crippen LogP contribution in [0.1, 0.15) is 34.6 Å². The van der Waals surface area contributed by atoms with E-state index in [0.717, 1.165) is 0 Å². The lowest BCUT2D eigenvalue weighted by Crippen LogP contribution is -2.54. The van der Waals surface area contributed by atoms with Crippen LogP contribution in [-0.4, -0.2) is 73.3 Å². The maximum atomic E-state index is 14.0. The van der Waals surface area contributed by atoms with Gasteiger partial charge in [-0.1, -0.05) is 20.8 Å². The number of rotatable bonds is 4. The molecular formula is C14H30BN2O3P. The molecule has 0 saturated carbocycles. The van der Waals surface area contributed by atoms with Crippen LogP contribution in [0, 0.1) is 5.41 Å². The predicted octanol–water partition coefficient (Wildman–Crippen LogP) is 1.75. The van der Waals surface area contributed by atoms with Crippen LogP contribution in [0.4, 0.5) is 0 Å². The van der Waals surface area contributed by atoms with Gasteiger partial charge in [-0.2, -0.15) is 0 Å². The van der Waals surface area contributed by atoms with E-state index in [-0.39, 0.29) is 12.0 Å².